The quantitative estimate of drug-likeness (QED) is 0.108. The van der Waals surface area contributed by atoms with Crippen molar-refractivity contribution in [2.24, 2.45) is 5.92 Å². The summed E-state index contributed by atoms with van der Waals surface area (Å²) in [5, 5.41) is 8.97. The van der Waals surface area contributed by atoms with Crippen LogP contribution in [0.1, 0.15) is 122 Å². The second-order valence-corrected chi connectivity index (χ2v) is 8.73. The average Bonchev–Trinajstić information content (AvgIpc) is 2.70. The first-order chi connectivity index (χ1) is 14.1. The maximum Gasteiger partial charge on any atom is 0.309 e. The third-order valence-electron chi connectivity index (χ3n) is 5.50. The lowest BCUT2D eigenvalue weighted by Gasteiger charge is -2.13. The standard InChI is InChI=1S/C24H46O4S/c1-2-3-4-5-6-7-8-9-10-11-12-13-14-15-16-17-18-22(21-23(25)26)24(27)28-19-20-29/h22,29H,2-21H2,1H3,(H,25,26). The Morgan fingerprint density at radius 2 is 1.17 bits per heavy atom. The zero-order valence-corrected chi connectivity index (χ0v) is 19.7. The normalized spacial score (nSPS) is 12.1. The number of carboxylic acids is 1. The van der Waals surface area contributed by atoms with Crippen molar-refractivity contribution in [1.82, 2.24) is 0 Å². The molecule has 0 aliphatic carbocycles. The Hall–Kier alpha value is -0.710. The molecule has 0 aromatic heterocycles. The Balaban J connectivity index is 3.47. The number of aliphatic carboxylic acids is 1. The smallest absolute Gasteiger partial charge is 0.309 e. The lowest BCUT2D eigenvalue weighted by atomic mass is 9.97. The van der Waals surface area contributed by atoms with Crippen molar-refractivity contribution in [3.8, 4) is 0 Å². The van der Waals surface area contributed by atoms with Gasteiger partial charge in [0.1, 0.15) is 6.61 Å². The summed E-state index contributed by atoms with van der Waals surface area (Å²) in [6.45, 7) is 2.51. The van der Waals surface area contributed by atoms with Gasteiger partial charge in [0.05, 0.1) is 12.3 Å². The Morgan fingerprint density at radius 1 is 0.759 bits per heavy atom. The van der Waals surface area contributed by atoms with Gasteiger partial charge in [0.25, 0.3) is 0 Å². The van der Waals surface area contributed by atoms with Crippen LogP contribution in [0, 0.1) is 5.92 Å². The van der Waals surface area contributed by atoms with E-state index in [9.17, 15) is 9.59 Å². The average molecular weight is 431 g/mol. The van der Waals surface area contributed by atoms with Gasteiger partial charge in [-0.2, -0.15) is 12.6 Å². The molecule has 1 unspecified atom stereocenters. The van der Waals surface area contributed by atoms with Gasteiger partial charge in [-0.3, -0.25) is 9.59 Å². The van der Waals surface area contributed by atoms with Crippen molar-refractivity contribution >= 4 is 24.6 Å². The molecule has 0 radical (unpaired) electrons. The number of hydrogen-bond donors (Lipinski definition) is 2. The Kier molecular flexibility index (Phi) is 21.4. The molecule has 0 spiro atoms. The third-order valence-corrected chi connectivity index (χ3v) is 5.68. The van der Waals surface area contributed by atoms with Crippen molar-refractivity contribution < 1.29 is 19.4 Å². The summed E-state index contributed by atoms with van der Waals surface area (Å²) >= 11 is 4.01. The van der Waals surface area contributed by atoms with Crippen molar-refractivity contribution in [3.05, 3.63) is 0 Å². The van der Waals surface area contributed by atoms with E-state index in [-0.39, 0.29) is 19.0 Å². The van der Waals surface area contributed by atoms with E-state index in [1.165, 1.54) is 89.9 Å². The molecule has 0 aromatic rings. The highest BCUT2D eigenvalue weighted by atomic mass is 32.1. The molecule has 29 heavy (non-hydrogen) atoms. The summed E-state index contributed by atoms with van der Waals surface area (Å²) in [6, 6.07) is 0. The van der Waals surface area contributed by atoms with Gasteiger partial charge >= 0.3 is 11.9 Å². The lowest BCUT2D eigenvalue weighted by Crippen LogP contribution is -2.21. The van der Waals surface area contributed by atoms with E-state index in [0.29, 0.717) is 12.2 Å². The van der Waals surface area contributed by atoms with E-state index in [0.717, 1.165) is 12.8 Å². The number of esters is 1. The molecule has 0 heterocycles. The van der Waals surface area contributed by atoms with Crippen LogP contribution in [0.4, 0.5) is 0 Å². The summed E-state index contributed by atoms with van der Waals surface area (Å²) in [7, 11) is 0. The summed E-state index contributed by atoms with van der Waals surface area (Å²) in [5.41, 5.74) is 0. The molecule has 0 fully saturated rings. The van der Waals surface area contributed by atoms with Crippen LogP contribution in [-0.4, -0.2) is 29.4 Å². The van der Waals surface area contributed by atoms with E-state index < -0.39 is 11.9 Å². The number of unbranched alkanes of at least 4 members (excludes halogenated alkanes) is 15. The molecular formula is C24H46O4S. The van der Waals surface area contributed by atoms with Gasteiger partial charge in [-0.1, -0.05) is 110 Å². The molecule has 0 aromatic carbocycles. The van der Waals surface area contributed by atoms with E-state index >= 15 is 0 Å². The van der Waals surface area contributed by atoms with Gasteiger partial charge in [0, 0.05) is 5.75 Å². The number of hydrogen-bond acceptors (Lipinski definition) is 4. The largest absolute Gasteiger partial charge is 0.481 e. The number of ether oxygens (including phenoxy) is 1. The molecule has 0 rings (SSSR count). The second kappa shape index (κ2) is 22.0. The molecule has 1 atom stereocenters. The number of thiol groups is 1. The van der Waals surface area contributed by atoms with Gasteiger partial charge in [0.15, 0.2) is 0 Å². The van der Waals surface area contributed by atoms with Crippen LogP contribution in [0.3, 0.4) is 0 Å². The van der Waals surface area contributed by atoms with Crippen LogP contribution in [-0.2, 0) is 14.3 Å². The topological polar surface area (TPSA) is 63.6 Å². The van der Waals surface area contributed by atoms with Gasteiger partial charge in [-0.15, -0.1) is 0 Å². The molecular weight excluding hydrogens is 384 g/mol. The van der Waals surface area contributed by atoms with E-state index in [1.807, 2.05) is 0 Å². The number of carboxylic acid groups (broad SMARTS) is 1. The lowest BCUT2D eigenvalue weighted by molar-refractivity contribution is -0.152. The minimum Gasteiger partial charge on any atom is -0.481 e. The van der Waals surface area contributed by atoms with E-state index in [4.69, 9.17) is 9.84 Å². The second-order valence-electron chi connectivity index (χ2n) is 8.28. The molecule has 0 aliphatic heterocycles. The predicted octanol–water partition coefficient (Wildman–Crippen LogP) is 7.20. The highest BCUT2D eigenvalue weighted by Gasteiger charge is 2.22. The van der Waals surface area contributed by atoms with Crippen LogP contribution in [0.15, 0.2) is 0 Å². The SMILES string of the molecule is CCCCCCCCCCCCCCCCCCC(CC(=O)O)C(=O)OCCS. The zero-order valence-electron chi connectivity index (χ0n) is 18.8. The van der Waals surface area contributed by atoms with E-state index in [2.05, 4.69) is 19.6 Å². The maximum atomic E-state index is 11.9. The number of rotatable bonds is 22. The third kappa shape index (κ3) is 20.3. The predicted molar refractivity (Wildman–Crippen MR) is 125 cm³/mol. The van der Waals surface area contributed by atoms with Crippen LogP contribution in [0.2, 0.25) is 0 Å². The minimum absolute atomic E-state index is 0.135. The Labute approximate surface area is 185 Å². The highest BCUT2D eigenvalue weighted by Crippen LogP contribution is 2.18. The monoisotopic (exact) mass is 430 g/mol. The van der Waals surface area contributed by atoms with Crippen molar-refractivity contribution in [2.75, 3.05) is 12.4 Å². The fraction of sp³-hybridized carbons (Fsp3) is 0.917. The summed E-state index contributed by atoms with van der Waals surface area (Å²) < 4.78 is 5.05. The minimum atomic E-state index is -0.936. The molecule has 4 nitrogen and oxygen atoms in total. The molecule has 0 amide bonds. The molecule has 0 aliphatic rings. The molecule has 172 valence electrons. The zero-order chi connectivity index (χ0) is 21.6. The fourth-order valence-electron chi connectivity index (χ4n) is 3.72. The summed E-state index contributed by atoms with van der Waals surface area (Å²) in [5.74, 6) is -1.37. The fourth-order valence-corrected chi connectivity index (χ4v) is 3.81. The van der Waals surface area contributed by atoms with Crippen LogP contribution >= 0.6 is 12.6 Å². The van der Waals surface area contributed by atoms with Gasteiger partial charge in [-0.05, 0) is 6.42 Å². The first kappa shape index (κ1) is 28.3. The van der Waals surface area contributed by atoms with E-state index in [1.54, 1.807) is 0 Å². The summed E-state index contributed by atoms with van der Waals surface area (Å²) in [6.07, 6.45) is 21.4. The van der Waals surface area contributed by atoms with Crippen LogP contribution in [0.5, 0.6) is 0 Å². The van der Waals surface area contributed by atoms with Gasteiger partial charge in [0.2, 0.25) is 0 Å². The molecule has 0 bridgehead atoms. The van der Waals surface area contributed by atoms with Crippen LogP contribution < -0.4 is 0 Å². The first-order valence-corrected chi connectivity index (χ1v) is 12.7. The Morgan fingerprint density at radius 3 is 1.55 bits per heavy atom. The molecule has 5 heteroatoms. The maximum absolute atomic E-state index is 11.9. The Bertz CT molecular complexity index is 387. The van der Waals surface area contributed by atoms with Crippen molar-refractivity contribution in [2.45, 2.75) is 122 Å². The first-order valence-electron chi connectivity index (χ1n) is 12.1. The van der Waals surface area contributed by atoms with Crippen LogP contribution in [0.25, 0.3) is 0 Å². The highest BCUT2D eigenvalue weighted by molar-refractivity contribution is 7.80. The number of carbonyl (C=O) groups excluding carboxylic acids is 1. The van der Waals surface area contributed by atoms with Crippen molar-refractivity contribution in [3.63, 3.8) is 0 Å². The van der Waals surface area contributed by atoms with Gasteiger partial charge in [-0.25, -0.2) is 0 Å². The van der Waals surface area contributed by atoms with Gasteiger partial charge < -0.3 is 9.84 Å². The molecule has 0 saturated carbocycles. The van der Waals surface area contributed by atoms with Crippen molar-refractivity contribution in [1.29, 1.82) is 0 Å². The molecule has 1 N–H and O–H groups in total. The molecule has 0 saturated heterocycles. The summed E-state index contributed by atoms with van der Waals surface area (Å²) in [4.78, 5) is 22.8. The number of carbonyl (C=O) groups is 2.